The number of hydrogen-bond acceptors (Lipinski definition) is 3. The van der Waals surface area contributed by atoms with Gasteiger partial charge in [-0.15, -0.1) is 0 Å². The van der Waals surface area contributed by atoms with Gasteiger partial charge in [-0.1, -0.05) is 29.8 Å². The Bertz CT molecular complexity index is 840. The van der Waals surface area contributed by atoms with Gasteiger partial charge >= 0.3 is 0 Å². The van der Waals surface area contributed by atoms with Gasteiger partial charge in [0.1, 0.15) is 18.1 Å². The first kappa shape index (κ1) is 16.1. The van der Waals surface area contributed by atoms with Crippen LogP contribution in [0.1, 0.15) is 35.3 Å². The second kappa shape index (κ2) is 6.75. The SMILES string of the molecule is CC(C)=CCOc1ccc2c(c1)OC(=Cc1ccccc1C)C2=O. The Morgan fingerprint density at radius 3 is 2.71 bits per heavy atom. The minimum Gasteiger partial charge on any atom is -0.489 e. The van der Waals surface area contributed by atoms with Gasteiger partial charge in [-0.3, -0.25) is 4.79 Å². The molecule has 3 heteroatoms. The van der Waals surface area contributed by atoms with E-state index in [1.54, 1.807) is 24.3 Å². The average Bonchev–Trinajstić information content (AvgIpc) is 2.85. The molecule has 3 nitrogen and oxygen atoms in total. The van der Waals surface area contributed by atoms with Crippen molar-refractivity contribution in [3.05, 3.63) is 76.6 Å². The highest BCUT2D eigenvalue weighted by Gasteiger charge is 2.27. The summed E-state index contributed by atoms with van der Waals surface area (Å²) in [6.45, 7) is 6.56. The van der Waals surface area contributed by atoms with Gasteiger partial charge in [0.15, 0.2) is 5.76 Å². The molecule has 1 aliphatic heterocycles. The Morgan fingerprint density at radius 1 is 1.17 bits per heavy atom. The highest BCUT2D eigenvalue weighted by molar-refractivity contribution is 6.14. The number of Topliss-reactive ketones (excluding diaryl/α,β-unsaturated/α-hetero) is 1. The van der Waals surface area contributed by atoms with Gasteiger partial charge < -0.3 is 9.47 Å². The number of benzene rings is 2. The van der Waals surface area contributed by atoms with Gasteiger partial charge in [-0.05, 0) is 56.2 Å². The summed E-state index contributed by atoms with van der Waals surface area (Å²) in [5.41, 5.74) is 3.85. The molecule has 0 unspecified atom stereocenters. The quantitative estimate of drug-likeness (QED) is 0.590. The predicted molar refractivity (Wildman–Crippen MR) is 95.5 cm³/mol. The van der Waals surface area contributed by atoms with Crippen molar-refractivity contribution in [3.63, 3.8) is 0 Å². The second-order valence-electron chi connectivity index (χ2n) is 6.05. The normalized spacial score (nSPS) is 14.3. The van der Waals surface area contributed by atoms with Crippen LogP contribution in [-0.2, 0) is 0 Å². The first-order chi connectivity index (χ1) is 11.5. The first-order valence-corrected chi connectivity index (χ1v) is 7.94. The molecule has 0 fully saturated rings. The molecule has 2 aromatic carbocycles. The molecule has 0 radical (unpaired) electrons. The summed E-state index contributed by atoms with van der Waals surface area (Å²) < 4.78 is 11.4. The van der Waals surface area contributed by atoms with Crippen molar-refractivity contribution in [2.24, 2.45) is 0 Å². The number of carbonyl (C=O) groups is 1. The van der Waals surface area contributed by atoms with E-state index in [1.807, 2.05) is 51.1 Å². The second-order valence-corrected chi connectivity index (χ2v) is 6.05. The number of aryl methyl sites for hydroxylation is 1. The van der Waals surface area contributed by atoms with Crippen LogP contribution in [0.3, 0.4) is 0 Å². The summed E-state index contributed by atoms with van der Waals surface area (Å²) in [6.07, 6.45) is 3.80. The van der Waals surface area contributed by atoms with Crippen LogP contribution < -0.4 is 9.47 Å². The van der Waals surface area contributed by atoms with Crippen LogP contribution in [0.4, 0.5) is 0 Å². The molecule has 3 rings (SSSR count). The van der Waals surface area contributed by atoms with Crippen LogP contribution in [0.15, 0.2) is 59.9 Å². The molecule has 24 heavy (non-hydrogen) atoms. The Balaban J connectivity index is 1.82. The number of ether oxygens (including phenoxy) is 2. The summed E-state index contributed by atoms with van der Waals surface area (Å²) in [6, 6.07) is 13.2. The van der Waals surface area contributed by atoms with E-state index in [2.05, 4.69) is 0 Å². The number of ketones is 1. The fourth-order valence-corrected chi connectivity index (χ4v) is 2.45. The predicted octanol–water partition coefficient (Wildman–Crippen LogP) is 4.96. The van der Waals surface area contributed by atoms with Crippen molar-refractivity contribution in [3.8, 4) is 11.5 Å². The molecule has 122 valence electrons. The zero-order chi connectivity index (χ0) is 17.1. The standard InChI is InChI=1S/C21H20O3/c1-14(2)10-11-23-17-8-9-18-19(13-17)24-20(21(18)22)12-16-7-5-4-6-15(16)3/h4-10,12-13H,11H2,1-3H3. The number of rotatable bonds is 4. The van der Waals surface area contributed by atoms with Crippen LogP contribution in [0.5, 0.6) is 11.5 Å². The molecule has 0 aromatic heterocycles. The van der Waals surface area contributed by atoms with E-state index in [4.69, 9.17) is 9.47 Å². The minimum atomic E-state index is -0.0934. The van der Waals surface area contributed by atoms with Crippen LogP contribution in [0.25, 0.3) is 6.08 Å². The Kier molecular flexibility index (Phi) is 4.52. The van der Waals surface area contributed by atoms with E-state index in [1.165, 1.54) is 5.57 Å². The van der Waals surface area contributed by atoms with Gasteiger partial charge in [-0.25, -0.2) is 0 Å². The van der Waals surface area contributed by atoms with Crippen LogP contribution >= 0.6 is 0 Å². The molecular weight excluding hydrogens is 300 g/mol. The van der Waals surface area contributed by atoms with Crippen molar-refractivity contribution in [1.29, 1.82) is 0 Å². The molecule has 0 aliphatic carbocycles. The lowest BCUT2D eigenvalue weighted by Gasteiger charge is -2.05. The van der Waals surface area contributed by atoms with E-state index >= 15 is 0 Å². The van der Waals surface area contributed by atoms with E-state index in [-0.39, 0.29) is 5.78 Å². The summed E-state index contributed by atoms with van der Waals surface area (Å²) >= 11 is 0. The smallest absolute Gasteiger partial charge is 0.231 e. The van der Waals surface area contributed by atoms with Crippen molar-refractivity contribution in [2.75, 3.05) is 6.61 Å². The van der Waals surface area contributed by atoms with Crippen LogP contribution in [-0.4, -0.2) is 12.4 Å². The van der Waals surface area contributed by atoms with Gasteiger partial charge in [-0.2, -0.15) is 0 Å². The number of hydrogen-bond donors (Lipinski definition) is 0. The van der Waals surface area contributed by atoms with Crippen molar-refractivity contribution in [2.45, 2.75) is 20.8 Å². The van der Waals surface area contributed by atoms with Crippen LogP contribution in [0.2, 0.25) is 0 Å². The summed E-state index contributed by atoms with van der Waals surface area (Å²) in [4.78, 5) is 12.5. The monoisotopic (exact) mass is 320 g/mol. The third-order valence-electron chi connectivity index (χ3n) is 3.86. The lowest BCUT2D eigenvalue weighted by molar-refractivity contribution is 0.101. The maximum atomic E-state index is 12.5. The van der Waals surface area contributed by atoms with Gasteiger partial charge in [0, 0.05) is 6.07 Å². The molecule has 2 aromatic rings. The Labute approximate surface area is 142 Å². The molecule has 1 heterocycles. The molecule has 0 atom stereocenters. The number of allylic oxidation sites excluding steroid dienone is 2. The Hall–Kier alpha value is -2.81. The van der Waals surface area contributed by atoms with Crippen molar-refractivity contribution in [1.82, 2.24) is 0 Å². The first-order valence-electron chi connectivity index (χ1n) is 7.94. The van der Waals surface area contributed by atoms with Crippen molar-refractivity contribution < 1.29 is 14.3 Å². The Morgan fingerprint density at radius 2 is 1.96 bits per heavy atom. The summed E-state index contributed by atoms with van der Waals surface area (Å²) in [7, 11) is 0. The molecule has 0 bridgehead atoms. The summed E-state index contributed by atoms with van der Waals surface area (Å²) in [5.74, 6) is 1.50. The highest BCUT2D eigenvalue weighted by atomic mass is 16.5. The minimum absolute atomic E-state index is 0.0934. The molecule has 0 N–H and O–H groups in total. The van der Waals surface area contributed by atoms with E-state index in [9.17, 15) is 4.79 Å². The fraction of sp³-hybridized carbons (Fsp3) is 0.190. The van der Waals surface area contributed by atoms with Crippen molar-refractivity contribution >= 4 is 11.9 Å². The zero-order valence-electron chi connectivity index (χ0n) is 14.1. The lowest BCUT2D eigenvalue weighted by Crippen LogP contribution is -1.98. The zero-order valence-corrected chi connectivity index (χ0v) is 14.1. The molecule has 0 amide bonds. The van der Waals surface area contributed by atoms with Crippen LogP contribution in [0, 0.1) is 6.92 Å². The molecule has 1 aliphatic rings. The topological polar surface area (TPSA) is 35.5 Å². The third kappa shape index (κ3) is 3.40. The van der Waals surface area contributed by atoms with E-state index in [0.717, 1.165) is 11.1 Å². The molecule has 0 spiro atoms. The van der Waals surface area contributed by atoms with Gasteiger partial charge in [0.05, 0.1) is 5.56 Å². The molecule has 0 saturated heterocycles. The van der Waals surface area contributed by atoms with Gasteiger partial charge in [0.25, 0.3) is 0 Å². The molecule has 0 saturated carbocycles. The largest absolute Gasteiger partial charge is 0.489 e. The number of fused-ring (bicyclic) bond motifs is 1. The fourth-order valence-electron chi connectivity index (χ4n) is 2.45. The summed E-state index contributed by atoms with van der Waals surface area (Å²) in [5, 5.41) is 0. The third-order valence-corrected chi connectivity index (χ3v) is 3.86. The van der Waals surface area contributed by atoms with Gasteiger partial charge in [0.2, 0.25) is 5.78 Å². The average molecular weight is 320 g/mol. The van der Waals surface area contributed by atoms with E-state index in [0.29, 0.717) is 29.4 Å². The van der Waals surface area contributed by atoms with E-state index < -0.39 is 0 Å². The molecular formula is C21H20O3. The maximum Gasteiger partial charge on any atom is 0.231 e. The lowest BCUT2D eigenvalue weighted by atomic mass is 10.1. The number of carbonyl (C=O) groups excluding carboxylic acids is 1. The maximum absolute atomic E-state index is 12.5. The highest BCUT2D eigenvalue weighted by Crippen LogP contribution is 2.35.